The molecule has 13 heavy (non-hydrogen) atoms. The van der Waals surface area contributed by atoms with Gasteiger partial charge in [-0.15, -0.1) is 0 Å². The van der Waals surface area contributed by atoms with Crippen LogP contribution in [0.1, 0.15) is 0 Å². The van der Waals surface area contributed by atoms with Gasteiger partial charge < -0.3 is 0 Å². The lowest BCUT2D eigenvalue weighted by Gasteiger charge is -1.98. The molecule has 1 heteroatoms. The quantitative estimate of drug-likeness (QED) is 0.450. The summed E-state index contributed by atoms with van der Waals surface area (Å²) in [6.45, 7) is 0. The average Bonchev–Trinajstić information content (AvgIpc) is 2.56. The Labute approximate surface area is 80.1 Å². The van der Waals surface area contributed by atoms with Gasteiger partial charge in [0.2, 0.25) is 0 Å². The Kier molecular flexibility index (Phi) is 1.40. The lowest BCUT2D eigenvalue weighted by Crippen LogP contribution is -2.20. The summed E-state index contributed by atoms with van der Waals surface area (Å²) in [4.78, 5) is 0. The summed E-state index contributed by atoms with van der Waals surface area (Å²) in [5.74, 6) is 0. The summed E-state index contributed by atoms with van der Waals surface area (Å²) < 4.78 is 0. The Hall–Kier alpha value is -1.34. The molecular formula is C12H8Si. The molecule has 1 aliphatic heterocycles. The van der Waals surface area contributed by atoms with E-state index in [4.69, 9.17) is 0 Å². The predicted octanol–water partition coefficient (Wildman–Crippen LogP) is 0.854. The van der Waals surface area contributed by atoms with Gasteiger partial charge in [-0.1, -0.05) is 47.7 Å². The minimum Gasteiger partial charge on any atom is -0.0626 e. The topological polar surface area (TPSA) is 0 Å². The molecule has 0 bridgehead atoms. The minimum absolute atomic E-state index is 0.290. The third-order valence-corrected chi connectivity index (χ3v) is 4.02. The van der Waals surface area contributed by atoms with Gasteiger partial charge in [0.1, 0.15) is 9.52 Å². The average molecular weight is 180 g/mol. The molecule has 0 saturated carbocycles. The maximum atomic E-state index is 3.33. The number of benzene rings is 2. The van der Waals surface area contributed by atoms with Crippen LogP contribution >= 0.6 is 0 Å². The Morgan fingerprint density at radius 1 is 0.923 bits per heavy atom. The summed E-state index contributed by atoms with van der Waals surface area (Å²) >= 11 is 0. The van der Waals surface area contributed by atoms with Crippen molar-refractivity contribution < 1.29 is 0 Å². The van der Waals surface area contributed by atoms with Crippen molar-refractivity contribution in [1.82, 2.24) is 0 Å². The maximum Gasteiger partial charge on any atom is 0.106 e. The molecule has 2 aromatic rings. The van der Waals surface area contributed by atoms with Gasteiger partial charge in [0, 0.05) is 0 Å². The van der Waals surface area contributed by atoms with Crippen LogP contribution in [0.25, 0.3) is 11.1 Å². The largest absolute Gasteiger partial charge is 0.106 e. The van der Waals surface area contributed by atoms with Crippen LogP contribution in [0.2, 0.25) is 0 Å². The first kappa shape index (κ1) is 7.10. The van der Waals surface area contributed by atoms with Crippen LogP contribution in [0.3, 0.4) is 0 Å². The zero-order valence-corrected chi connectivity index (χ0v) is 8.27. The van der Waals surface area contributed by atoms with Gasteiger partial charge in [0.15, 0.2) is 0 Å². The molecule has 60 valence electrons. The monoisotopic (exact) mass is 180 g/mol. The first-order valence-corrected chi connectivity index (χ1v) is 5.55. The maximum absolute atomic E-state index is 3.33. The smallest absolute Gasteiger partial charge is 0.0626 e. The van der Waals surface area contributed by atoms with Crippen LogP contribution in [0, 0.1) is 6.07 Å². The molecule has 0 N–H and O–H groups in total. The van der Waals surface area contributed by atoms with Gasteiger partial charge in [-0.05, 0) is 22.4 Å². The van der Waals surface area contributed by atoms with E-state index >= 15 is 0 Å². The summed E-state index contributed by atoms with van der Waals surface area (Å²) in [7, 11) is 0.290. The lowest BCUT2D eigenvalue weighted by molar-refractivity contribution is 1.70. The van der Waals surface area contributed by atoms with Gasteiger partial charge in [-0.2, -0.15) is 0 Å². The van der Waals surface area contributed by atoms with Crippen molar-refractivity contribution in [2.45, 2.75) is 0 Å². The SMILES string of the molecule is [c]1cccc2c1[SiH]c1ccccc1-2. The van der Waals surface area contributed by atoms with E-state index < -0.39 is 0 Å². The van der Waals surface area contributed by atoms with E-state index in [1.165, 1.54) is 21.5 Å². The second-order valence-corrected chi connectivity index (χ2v) is 4.72. The highest BCUT2D eigenvalue weighted by atomic mass is 28.2. The van der Waals surface area contributed by atoms with Crippen molar-refractivity contribution in [3.63, 3.8) is 0 Å². The zero-order valence-electron chi connectivity index (χ0n) is 7.12. The van der Waals surface area contributed by atoms with Gasteiger partial charge in [0.05, 0.1) is 0 Å². The summed E-state index contributed by atoms with van der Waals surface area (Å²) in [6, 6.07) is 18.3. The Bertz CT molecular complexity index is 417. The molecule has 0 saturated heterocycles. The summed E-state index contributed by atoms with van der Waals surface area (Å²) in [5.41, 5.74) is 2.82. The van der Waals surface area contributed by atoms with Crippen molar-refractivity contribution in [3.8, 4) is 11.1 Å². The third-order valence-electron chi connectivity index (χ3n) is 2.44. The van der Waals surface area contributed by atoms with Crippen molar-refractivity contribution in [2.75, 3.05) is 0 Å². The number of rotatable bonds is 0. The van der Waals surface area contributed by atoms with Gasteiger partial charge in [-0.25, -0.2) is 0 Å². The van der Waals surface area contributed by atoms with Gasteiger partial charge in [0.25, 0.3) is 0 Å². The highest BCUT2D eigenvalue weighted by molar-refractivity contribution is 6.73. The molecule has 0 aromatic heterocycles. The number of fused-ring (bicyclic) bond motifs is 3. The molecule has 2 aromatic carbocycles. The first-order valence-electron chi connectivity index (χ1n) is 4.40. The lowest BCUT2D eigenvalue weighted by atomic mass is 10.1. The molecule has 2 radical (unpaired) electrons. The van der Waals surface area contributed by atoms with E-state index in [1.54, 1.807) is 0 Å². The van der Waals surface area contributed by atoms with Crippen molar-refractivity contribution >= 4 is 19.9 Å². The van der Waals surface area contributed by atoms with E-state index in [0.29, 0.717) is 0 Å². The third kappa shape index (κ3) is 0.973. The van der Waals surface area contributed by atoms with Crippen molar-refractivity contribution in [2.24, 2.45) is 0 Å². The van der Waals surface area contributed by atoms with Crippen LogP contribution in [-0.4, -0.2) is 9.52 Å². The number of hydrogen-bond acceptors (Lipinski definition) is 0. The standard InChI is InChI=1S/C12H8Si/c1-3-7-11-9(5-1)10-6-2-4-8-12(10)13-11/h1-7,13H. The molecule has 0 spiro atoms. The molecule has 1 aliphatic rings. The Balaban J connectivity index is 2.32. The van der Waals surface area contributed by atoms with Crippen molar-refractivity contribution in [1.29, 1.82) is 0 Å². The molecule has 0 atom stereocenters. The van der Waals surface area contributed by atoms with Crippen molar-refractivity contribution in [3.05, 3.63) is 48.5 Å². The zero-order chi connectivity index (χ0) is 8.67. The first-order chi connectivity index (χ1) is 6.45. The highest BCUT2D eigenvalue weighted by Gasteiger charge is 2.16. The van der Waals surface area contributed by atoms with Crippen LogP contribution in [-0.2, 0) is 0 Å². The van der Waals surface area contributed by atoms with Crippen LogP contribution in [0.15, 0.2) is 42.5 Å². The molecular weight excluding hydrogens is 172 g/mol. The second kappa shape index (κ2) is 2.57. The van der Waals surface area contributed by atoms with E-state index in [9.17, 15) is 0 Å². The normalized spacial score (nSPS) is 12.3. The van der Waals surface area contributed by atoms with Gasteiger partial charge >= 0.3 is 0 Å². The minimum atomic E-state index is 0.290. The van der Waals surface area contributed by atoms with Crippen LogP contribution in [0.4, 0.5) is 0 Å². The van der Waals surface area contributed by atoms with E-state index in [-0.39, 0.29) is 9.52 Å². The van der Waals surface area contributed by atoms with E-state index in [0.717, 1.165) is 0 Å². The highest BCUT2D eigenvalue weighted by Crippen LogP contribution is 2.18. The van der Waals surface area contributed by atoms with E-state index in [1.807, 2.05) is 6.07 Å². The predicted molar refractivity (Wildman–Crippen MR) is 57.1 cm³/mol. The molecule has 3 rings (SSSR count). The summed E-state index contributed by atoms with van der Waals surface area (Å²) in [6.07, 6.45) is 0. The van der Waals surface area contributed by atoms with Crippen LogP contribution in [0.5, 0.6) is 0 Å². The summed E-state index contributed by atoms with van der Waals surface area (Å²) in [5, 5.41) is 2.93. The molecule has 0 fully saturated rings. The van der Waals surface area contributed by atoms with Crippen LogP contribution < -0.4 is 10.4 Å². The molecule has 1 heterocycles. The molecule has 0 aliphatic carbocycles. The second-order valence-electron chi connectivity index (χ2n) is 3.23. The molecule has 0 amide bonds. The Morgan fingerprint density at radius 3 is 2.77 bits per heavy atom. The number of hydrogen-bond donors (Lipinski definition) is 0. The Morgan fingerprint density at radius 2 is 1.77 bits per heavy atom. The fourth-order valence-corrected chi connectivity index (χ4v) is 3.34. The van der Waals surface area contributed by atoms with E-state index in [2.05, 4.69) is 42.5 Å². The van der Waals surface area contributed by atoms with Gasteiger partial charge in [-0.3, -0.25) is 0 Å². The fourth-order valence-electron chi connectivity index (χ4n) is 1.83. The molecule has 0 unspecified atom stereocenters. The fraction of sp³-hybridized carbons (Fsp3) is 0. The molecule has 0 nitrogen and oxygen atoms in total.